The van der Waals surface area contributed by atoms with Gasteiger partial charge in [0.15, 0.2) is 0 Å². The number of aromatic hydroxyl groups is 1. The lowest BCUT2D eigenvalue weighted by Gasteiger charge is -2.15. The van der Waals surface area contributed by atoms with Gasteiger partial charge in [-0.05, 0) is 20.1 Å². The number of nitrogens with zero attached hydrogens (tertiary/aromatic N) is 1. The van der Waals surface area contributed by atoms with Crippen LogP contribution in [-0.4, -0.2) is 26.8 Å². The third-order valence-electron chi connectivity index (χ3n) is 2.52. The molecule has 5 heteroatoms. The van der Waals surface area contributed by atoms with E-state index in [9.17, 15) is 10.2 Å². The first kappa shape index (κ1) is 13.3. The van der Waals surface area contributed by atoms with Crippen molar-refractivity contribution in [3.63, 3.8) is 0 Å². The summed E-state index contributed by atoms with van der Waals surface area (Å²) in [4.78, 5) is 4.01. The molecule has 0 aliphatic heterocycles. The topological polar surface area (TPSA) is 65.4 Å². The summed E-state index contributed by atoms with van der Waals surface area (Å²) >= 11 is 1.70. The molecule has 1 atom stereocenters. The highest BCUT2D eigenvalue weighted by Crippen LogP contribution is 2.24. The van der Waals surface area contributed by atoms with E-state index >= 15 is 0 Å². The van der Waals surface area contributed by atoms with E-state index in [1.807, 2.05) is 13.2 Å². The largest absolute Gasteiger partial charge is 0.506 e. The molecule has 0 aliphatic carbocycles. The van der Waals surface area contributed by atoms with Crippen LogP contribution < -0.4 is 5.32 Å². The Morgan fingerprint density at radius 1 is 1.56 bits per heavy atom. The number of thioether (sulfide) groups is 1. The Hall–Kier alpha value is -0.780. The summed E-state index contributed by atoms with van der Waals surface area (Å²) in [7, 11) is 0. The second-order valence-corrected chi connectivity index (χ2v) is 4.79. The van der Waals surface area contributed by atoms with Crippen LogP contribution in [0, 0.1) is 6.92 Å². The number of aryl methyl sites for hydroxylation is 1. The number of aliphatic hydroxyl groups excluding tert-OH is 1. The van der Waals surface area contributed by atoms with Gasteiger partial charge >= 0.3 is 0 Å². The van der Waals surface area contributed by atoms with Crippen LogP contribution in [0.3, 0.4) is 0 Å². The number of aromatic nitrogens is 1. The fraction of sp³-hybridized carbons (Fsp3) is 0.545. The van der Waals surface area contributed by atoms with Crippen molar-refractivity contribution in [2.24, 2.45) is 0 Å². The lowest BCUT2D eigenvalue weighted by molar-refractivity contribution is 0.278. The molecule has 3 N–H and O–H groups in total. The number of pyridine rings is 1. The van der Waals surface area contributed by atoms with Crippen molar-refractivity contribution >= 4 is 11.8 Å². The van der Waals surface area contributed by atoms with Gasteiger partial charge in [0.05, 0.1) is 17.7 Å². The first-order chi connectivity index (χ1) is 7.60. The molecule has 0 aromatic carbocycles. The zero-order valence-electron chi connectivity index (χ0n) is 9.82. The van der Waals surface area contributed by atoms with Gasteiger partial charge in [-0.3, -0.25) is 4.98 Å². The average molecular weight is 242 g/mol. The van der Waals surface area contributed by atoms with Crippen molar-refractivity contribution < 1.29 is 10.2 Å². The predicted molar refractivity (Wildman–Crippen MR) is 66.4 cm³/mol. The minimum atomic E-state index is -0.106. The van der Waals surface area contributed by atoms with E-state index in [0.717, 1.165) is 5.56 Å². The molecule has 1 aromatic heterocycles. The highest BCUT2D eigenvalue weighted by atomic mass is 32.2. The number of aliphatic hydroxyl groups is 1. The highest BCUT2D eigenvalue weighted by molar-refractivity contribution is 7.99. The quantitative estimate of drug-likeness (QED) is 0.681. The minimum absolute atomic E-state index is 0.106. The number of hydrogen-bond donors (Lipinski definition) is 3. The Kier molecular flexibility index (Phi) is 5.05. The molecular weight excluding hydrogens is 224 g/mol. The van der Waals surface area contributed by atoms with Crippen LogP contribution in [0.15, 0.2) is 6.20 Å². The first-order valence-corrected chi connectivity index (χ1v) is 6.42. The second kappa shape index (κ2) is 6.08. The van der Waals surface area contributed by atoms with E-state index in [-0.39, 0.29) is 12.4 Å². The van der Waals surface area contributed by atoms with Crippen LogP contribution in [-0.2, 0) is 13.2 Å². The number of nitrogens with one attached hydrogen (secondary N) is 1. The van der Waals surface area contributed by atoms with Gasteiger partial charge in [-0.2, -0.15) is 0 Å². The van der Waals surface area contributed by atoms with Gasteiger partial charge in [0, 0.05) is 23.9 Å². The van der Waals surface area contributed by atoms with Crippen molar-refractivity contribution in [1.82, 2.24) is 10.3 Å². The summed E-state index contributed by atoms with van der Waals surface area (Å²) < 4.78 is 0. The molecule has 1 unspecified atom stereocenters. The van der Waals surface area contributed by atoms with Crippen molar-refractivity contribution in [3.05, 3.63) is 23.0 Å². The standard InChI is InChI=1S/C11H18N2O2S/c1-7-11(15)10(5-13-8(2)16-3)9(6-14)4-12-7/h4,8,13-15H,5-6H2,1-3H3. The molecule has 16 heavy (non-hydrogen) atoms. The number of rotatable bonds is 5. The molecule has 1 aromatic rings. The fourth-order valence-electron chi connectivity index (χ4n) is 1.35. The molecule has 0 fully saturated rings. The molecule has 1 rings (SSSR count). The van der Waals surface area contributed by atoms with Crippen molar-refractivity contribution in [1.29, 1.82) is 0 Å². The third kappa shape index (κ3) is 3.10. The van der Waals surface area contributed by atoms with Crippen LogP contribution in [0.25, 0.3) is 0 Å². The Morgan fingerprint density at radius 3 is 2.81 bits per heavy atom. The Labute approximate surface area is 100 Å². The van der Waals surface area contributed by atoms with Gasteiger partial charge in [-0.1, -0.05) is 0 Å². The van der Waals surface area contributed by atoms with Crippen LogP contribution >= 0.6 is 11.8 Å². The van der Waals surface area contributed by atoms with E-state index < -0.39 is 0 Å². The van der Waals surface area contributed by atoms with Gasteiger partial charge in [-0.25, -0.2) is 0 Å². The molecule has 0 bridgehead atoms. The zero-order valence-corrected chi connectivity index (χ0v) is 10.6. The molecule has 4 nitrogen and oxygen atoms in total. The molecule has 0 saturated heterocycles. The first-order valence-electron chi connectivity index (χ1n) is 5.13. The summed E-state index contributed by atoms with van der Waals surface area (Å²) in [5.74, 6) is 0.173. The smallest absolute Gasteiger partial charge is 0.141 e. The average Bonchev–Trinajstić information content (AvgIpc) is 2.30. The normalized spacial score (nSPS) is 12.8. The molecule has 0 spiro atoms. The summed E-state index contributed by atoms with van der Waals surface area (Å²) in [6.45, 7) is 4.23. The Balaban J connectivity index is 2.88. The second-order valence-electron chi connectivity index (χ2n) is 3.61. The summed E-state index contributed by atoms with van der Waals surface area (Å²) in [6.07, 6.45) is 3.62. The SMILES string of the molecule is CSC(C)NCc1c(CO)cnc(C)c1O. The summed E-state index contributed by atoms with van der Waals surface area (Å²) in [6, 6.07) is 0. The predicted octanol–water partition coefficient (Wildman–Crippen LogP) is 1.39. The molecule has 90 valence electrons. The highest BCUT2D eigenvalue weighted by Gasteiger charge is 2.11. The van der Waals surface area contributed by atoms with Crippen molar-refractivity contribution in [3.8, 4) is 5.75 Å². The Bertz CT molecular complexity index is 358. The van der Waals surface area contributed by atoms with E-state index in [1.54, 1.807) is 24.9 Å². The lowest BCUT2D eigenvalue weighted by atomic mass is 10.1. The van der Waals surface area contributed by atoms with Gasteiger partial charge in [-0.15, -0.1) is 11.8 Å². The van der Waals surface area contributed by atoms with Crippen LogP contribution in [0.5, 0.6) is 5.75 Å². The Morgan fingerprint density at radius 2 is 2.25 bits per heavy atom. The zero-order chi connectivity index (χ0) is 12.1. The van der Waals surface area contributed by atoms with Crippen molar-refractivity contribution in [2.45, 2.75) is 32.4 Å². The maximum absolute atomic E-state index is 9.87. The summed E-state index contributed by atoms with van der Waals surface area (Å²) in [5, 5.41) is 22.6. The molecule has 1 heterocycles. The van der Waals surface area contributed by atoms with E-state index in [2.05, 4.69) is 10.3 Å². The fourth-order valence-corrected chi connectivity index (χ4v) is 1.60. The summed E-state index contributed by atoms with van der Waals surface area (Å²) in [5.41, 5.74) is 1.99. The van der Waals surface area contributed by atoms with Gasteiger partial charge in [0.1, 0.15) is 5.75 Å². The van der Waals surface area contributed by atoms with Crippen LogP contribution in [0.2, 0.25) is 0 Å². The van der Waals surface area contributed by atoms with Gasteiger partial charge in [0.25, 0.3) is 0 Å². The van der Waals surface area contributed by atoms with E-state index in [0.29, 0.717) is 23.2 Å². The third-order valence-corrected chi connectivity index (χ3v) is 3.39. The molecule has 0 amide bonds. The molecule has 0 aliphatic rings. The molecular formula is C11H18N2O2S. The van der Waals surface area contributed by atoms with Crippen LogP contribution in [0.1, 0.15) is 23.7 Å². The molecule has 0 saturated carbocycles. The lowest BCUT2D eigenvalue weighted by Crippen LogP contribution is -2.22. The maximum atomic E-state index is 9.87. The van der Waals surface area contributed by atoms with Gasteiger partial charge in [0.2, 0.25) is 0 Å². The monoisotopic (exact) mass is 242 g/mol. The van der Waals surface area contributed by atoms with Crippen molar-refractivity contribution in [2.75, 3.05) is 6.26 Å². The number of hydrogen-bond acceptors (Lipinski definition) is 5. The van der Waals surface area contributed by atoms with E-state index in [1.165, 1.54) is 0 Å². The molecule has 0 radical (unpaired) electrons. The minimum Gasteiger partial charge on any atom is -0.506 e. The van der Waals surface area contributed by atoms with Gasteiger partial charge < -0.3 is 15.5 Å². The maximum Gasteiger partial charge on any atom is 0.141 e. The van der Waals surface area contributed by atoms with E-state index in [4.69, 9.17) is 0 Å². The van der Waals surface area contributed by atoms with Crippen LogP contribution in [0.4, 0.5) is 0 Å².